The second kappa shape index (κ2) is 11.6. The van der Waals surface area contributed by atoms with Crippen molar-refractivity contribution in [1.82, 2.24) is 5.32 Å². The number of hydrogen-bond donors (Lipinski definition) is 3. The zero-order chi connectivity index (χ0) is 22.1. The molecule has 2 rings (SSSR count). The number of carbonyl (C=O) groups is 2. The highest BCUT2D eigenvalue weighted by molar-refractivity contribution is 6.39. The molecule has 0 radical (unpaired) electrons. The van der Waals surface area contributed by atoms with Crippen molar-refractivity contribution < 1.29 is 14.3 Å². The highest BCUT2D eigenvalue weighted by atomic mass is 35.5. The lowest BCUT2D eigenvalue weighted by Gasteiger charge is -2.19. The molecule has 0 saturated carbocycles. The topological polar surface area (TPSA) is 82.7 Å². The van der Waals surface area contributed by atoms with E-state index in [4.69, 9.17) is 27.9 Å². The van der Waals surface area contributed by atoms with Gasteiger partial charge in [0.05, 0.1) is 21.3 Å². The second-order valence-electron chi connectivity index (χ2n) is 6.61. The Labute approximate surface area is 186 Å². The number of hydrogen-bond acceptors (Lipinski definition) is 4. The van der Waals surface area contributed by atoms with E-state index in [-0.39, 0.29) is 5.91 Å². The molecule has 0 unspecified atom stereocenters. The summed E-state index contributed by atoms with van der Waals surface area (Å²) in [7, 11) is 3.70. The minimum absolute atomic E-state index is 0.228. The number of amides is 3. The third kappa shape index (κ3) is 6.79. The van der Waals surface area contributed by atoms with E-state index in [1.807, 2.05) is 25.9 Å². The Hall–Kier alpha value is -2.48. The fraction of sp³-hybridized carbons (Fsp3) is 0.333. The largest absolute Gasteiger partial charge is 0.382 e. The van der Waals surface area contributed by atoms with Gasteiger partial charge in [-0.1, -0.05) is 29.3 Å². The van der Waals surface area contributed by atoms with Gasteiger partial charge in [-0.05, 0) is 43.7 Å². The molecule has 0 atom stereocenters. The van der Waals surface area contributed by atoms with Gasteiger partial charge in [-0.2, -0.15) is 0 Å². The van der Waals surface area contributed by atoms with Crippen molar-refractivity contribution in [1.29, 1.82) is 0 Å². The summed E-state index contributed by atoms with van der Waals surface area (Å²) in [6.45, 7) is 3.66. The molecule has 3 amide bonds. The van der Waals surface area contributed by atoms with Gasteiger partial charge in [-0.25, -0.2) is 4.79 Å². The average Bonchev–Trinajstić information content (AvgIpc) is 2.70. The third-order valence-corrected chi connectivity index (χ3v) is 4.77. The van der Waals surface area contributed by atoms with Crippen molar-refractivity contribution in [3.63, 3.8) is 0 Å². The van der Waals surface area contributed by atoms with E-state index in [2.05, 4.69) is 16.0 Å². The van der Waals surface area contributed by atoms with Crippen LogP contribution in [0.15, 0.2) is 36.4 Å². The molecular formula is C21H26Cl2N4O3. The molecule has 162 valence electrons. The van der Waals surface area contributed by atoms with Crippen LogP contribution in [-0.4, -0.2) is 45.8 Å². The van der Waals surface area contributed by atoms with E-state index < -0.39 is 6.03 Å². The Kier molecular flexibility index (Phi) is 9.23. The highest BCUT2D eigenvalue weighted by Gasteiger charge is 2.15. The highest BCUT2D eigenvalue weighted by Crippen LogP contribution is 2.30. The molecule has 2 aromatic rings. The zero-order valence-corrected chi connectivity index (χ0v) is 18.7. The van der Waals surface area contributed by atoms with Crippen LogP contribution in [0.25, 0.3) is 0 Å². The van der Waals surface area contributed by atoms with Crippen LogP contribution in [0.5, 0.6) is 0 Å². The first-order chi connectivity index (χ1) is 14.3. The van der Waals surface area contributed by atoms with E-state index in [0.717, 1.165) is 12.1 Å². The molecule has 0 bridgehead atoms. The lowest BCUT2D eigenvalue weighted by atomic mass is 10.1. The minimum atomic E-state index is -0.523. The lowest BCUT2D eigenvalue weighted by molar-refractivity contribution is 0.0944. The fourth-order valence-corrected chi connectivity index (χ4v) is 3.19. The van der Waals surface area contributed by atoms with E-state index >= 15 is 0 Å². The van der Waals surface area contributed by atoms with Gasteiger partial charge in [-0.3, -0.25) is 4.79 Å². The molecule has 0 fully saturated rings. The quantitative estimate of drug-likeness (QED) is 0.474. The van der Waals surface area contributed by atoms with E-state index in [9.17, 15) is 9.59 Å². The predicted molar refractivity (Wildman–Crippen MR) is 123 cm³/mol. The smallest absolute Gasteiger partial charge is 0.323 e. The van der Waals surface area contributed by atoms with Gasteiger partial charge in [0, 0.05) is 45.2 Å². The number of benzene rings is 2. The molecule has 2 aromatic carbocycles. The normalized spacial score (nSPS) is 10.4. The molecule has 3 N–H and O–H groups in total. The third-order valence-electron chi connectivity index (χ3n) is 4.14. The first-order valence-electron chi connectivity index (χ1n) is 9.52. The summed E-state index contributed by atoms with van der Waals surface area (Å²) in [6, 6.07) is 9.54. The lowest BCUT2D eigenvalue weighted by Crippen LogP contribution is -2.28. The number of rotatable bonds is 9. The van der Waals surface area contributed by atoms with Crippen molar-refractivity contribution >= 4 is 52.2 Å². The second-order valence-corrected chi connectivity index (χ2v) is 7.42. The number of carbonyl (C=O) groups excluding carboxylic acids is 2. The first-order valence-corrected chi connectivity index (χ1v) is 10.3. The Bertz CT molecular complexity index is 870. The van der Waals surface area contributed by atoms with Crippen LogP contribution in [0.2, 0.25) is 10.0 Å². The summed E-state index contributed by atoms with van der Waals surface area (Å²) in [5.41, 5.74) is 1.96. The molecule has 0 heterocycles. The van der Waals surface area contributed by atoms with Crippen LogP contribution in [0.3, 0.4) is 0 Å². The summed E-state index contributed by atoms with van der Waals surface area (Å²) >= 11 is 12.2. The fourth-order valence-electron chi connectivity index (χ4n) is 2.69. The van der Waals surface area contributed by atoms with E-state index in [1.165, 1.54) is 0 Å². The summed E-state index contributed by atoms with van der Waals surface area (Å²) in [4.78, 5) is 26.9. The van der Waals surface area contributed by atoms with Crippen molar-refractivity contribution in [3.8, 4) is 0 Å². The number of urea groups is 1. The number of ether oxygens (including phenoxy) is 1. The number of nitrogens with one attached hydrogen (secondary N) is 3. The van der Waals surface area contributed by atoms with E-state index in [1.54, 1.807) is 36.4 Å². The number of para-hydroxylation sites is 1. The molecule has 0 aliphatic carbocycles. The Morgan fingerprint density at radius 2 is 1.77 bits per heavy atom. The molecule has 0 aliphatic rings. The van der Waals surface area contributed by atoms with Gasteiger partial charge < -0.3 is 25.6 Å². The van der Waals surface area contributed by atoms with Gasteiger partial charge in [0.25, 0.3) is 5.91 Å². The van der Waals surface area contributed by atoms with Crippen LogP contribution < -0.4 is 20.9 Å². The summed E-state index contributed by atoms with van der Waals surface area (Å²) in [5.74, 6) is -0.228. The van der Waals surface area contributed by atoms with Gasteiger partial charge in [0.15, 0.2) is 0 Å². The standard InChI is InChI=1S/C21H26Cl2N4O3/c1-4-30-12-6-11-24-20(28)15-13-14(9-10-18(15)27(2)3)25-21(29)26-19-16(22)7-5-8-17(19)23/h5,7-10,13H,4,6,11-12H2,1-3H3,(H,24,28)(H2,25,26,29). The summed E-state index contributed by atoms with van der Waals surface area (Å²) < 4.78 is 5.28. The SMILES string of the molecule is CCOCCCNC(=O)c1cc(NC(=O)Nc2c(Cl)cccc2Cl)ccc1N(C)C. The molecule has 30 heavy (non-hydrogen) atoms. The summed E-state index contributed by atoms with van der Waals surface area (Å²) in [6.07, 6.45) is 0.718. The maximum Gasteiger partial charge on any atom is 0.323 e. The monoisotopic (exact) mass is 452 g/mol. The van der Waals surface area contributed by atoms with Crippen LogP contribution in [0.4, 0.5) is 21.9 Å². The van der Waals surface area contributed by atoms with Gasteiger partial charge in [0.1, 0.15) is 0 Å². The Balaban J connectivity index is 2.10. The van der Waals surface area contributed by atoms with Crippen LogP contribution in [-0.2, 0) is 4.74 Å². The van der Waals surface area contributed by atoms with Gasteiger partial charge in [-0.15, -0.1) is 0 Å². The molecule has 7 nitrogen and oxygen atoms in total. The Morgan fingerprint density at radius 1 is 1.07 bits per heavy atom. The molecular weight excluding hydrogens is 427 g/mol. The van der Waals surface area contributed by atoms with Crippen LogP contribution >= 0.6 is 23.2 Å². The van der Waals surface area contributed by atoms with Crippen molar-refractivity contribution in [3.05, 3.63) is 52.0 Å². The Morgan fingerprint density at radius 3 is 2.40 bits per heavy atom. The molecule has 0 saturated heterocycles. The first kappa shape index (κ1) is 23.8. The summed E-state index contributed by atoms with van der Waals surface area (Å²) in [5, 5.41) is 8.87. The van der Waals surface area contributed by atoms with Crippen molar-refractivity contribution in [2.24, 2.45) is 0 Å². The molecule has 0 aliphatic heterocycles. The minimum Gasteiger partial charge on any atom is -0.382 e. The molecule has 0 aromatic heterocycles. The zero-order valence-electron chi connectivity index (χ0n) is 17.2. The predicted octanol–water partition coefficient (Wildman–Crippen LogP) is 4.86. The van der Waals surface area contributed by atoms with Crippen LogP contribution in [0, 0.1) is 0 Å². The van der Waals surface area contributed by atoms with Crippen molar-refractivity contribution in [2.45, 2.75) is 13.3 Å². The van der Waals surface area contributed by atoms with E-state index in [0.29, 0.717) is 46.7 Å². The molecule has 0 spiro atoms. The molecule has 9 heteroatoms. The van der Waals surface area contributed by atoms with Crippen LogP contribution in [0.1, 0.15) is 23.7 Å². The maximum atomic E-state index is 12.7. The average molecular weight is 453 g/mol. The number of halogens is 2. The maximum absolute atomic E-state index is 12.7. The van der Waals surface area contributed by atoms with Crippen molar-refractivity contribution in [2.75, 3.05) is 49.4 Å². The number of nitrogens with zero attached hydrogens (tertiary/aromatic N) is 1. The number of anilines is 3. The van der Waals surface area contributed by atoms with Gasteiger partial charge in [0.2, 0.25) is 0 Å². The van der Waals surface area contributed by atoms with Gasteiger partial charge >= 0.3 is 6.03 Å².